The molecule has 0 aromatic heterocycles. The van der Waals surface area contributed by atoms with Gasteiger partial charge in [0.05, 0.1) is 19.6 Å². The number of carbonyl (C=O) groups excluding carboxylic acids is 1. The molecule has 0 atom stereocenters. The first-order chi connectivity index (χ1) is 7.67. The van der Waals surface area contributed by atoms with Crippen LogP contribution in [0.25, 0.3) is 0 Å². The van der Waals surface area contributed by atoms with E-state index in [0.29, 0.717) is 6.54 Å². The number of rotatable bonds is 6. The van der Waals surface area contributed by atoms with E-state index >= 15 is 0 Å². The molecule has 0 N–H and O–H groups in total. The minimum absolute atomic E-state index is 0. The lowest BCUT2D eigenvalue weighted by Crippen LogP contribution is -3.00. The summed E-state index contributed by atoms with van der Waals surface area (Å²) in [5.41, 5.74) is 0.834. The molecule has 17 heavy (non-hydrogen) atoms. The van der Waals surface area contributed by atoms with Gasteiger partial charge in [-0.3, -0.25) is 4.79 Å². The Hall–Kier alpha value is -0.670. The maximum atomic E-state index is 12.1. The smallest absolute Gasteiger partial charge is 0.216 e. The predicted octanol–water partition coefficient (Wildman–Crippen LogP) is -0.250. The monoisotopic (exact) mass is 299 g/mol. The van der Waals surface area contributed by atoms with E-state index in [1.54, 1.807) is 0 Å². The average molecular weight is 300 g/mol. The molecular weight excluding hydrogens is 278 g/mol. The van der Waals surface area contributed by atoms with Crippen molar-refractivity contribution in [2.24, 2.45) is 0 Å². The molecule has 1 aromatic carbocycles. The van der Waals surface area contributed by atoms with Gasteiger partial charge in [-0.15, -0.1) is 0 Å². The lowest BCUT2D eigenvalue weighted by Gasteiger charge is -2.35. The van der Waals surface area contributed by atoms with Gasteiger partial charge in [0.2, 0.25) is 5.78 Å². The van der Waals surface area contributed by atoms with Crippen LogP contribution in [0.4, 0.5) is 0 Å². The lowest BCUT2D eigenvalue weighted by atomic mass is 10.1. The number of ketones is 1. The van der Waals surface area contributed by atoms with Crippen molar-refractivity contribution in [3.8, 4) is 0 Å². The molecule has 0 saturated carbocycles. The van der Waals surface area contributed by atoms with Crippen molar-refractivity contribution in [2.45, 2.75) is 20.8 Å². The third kappa shape index (κ3) is 4.25. The van der Waals surface area contributed by atoms with Gasteiger partial charge in [0.15, 0.2) is 0 Å². The van der Waals surface area contributed by atoms with Crippen LogP contribution in [0, 0.1) is 0 Å². The highest BCUT2D eigenvalue weighted by Gasteiger charge is 2.25. The Morgan fingerprint density at radius 1 is 1.00 bits per heavy atom. The van der Waals surface area contributed by atoms with Crippen LogP contribution in [0.3, 0.4) is 0 Å². The zero-order chi connectivity index (χ0) is 12.0. The van der Waals surface area contributed by atoms with Gasteiger partial charge < -0.3 is 21.5 Å². The number of quaternary nitrogens is 1. The van der Waals surface area contributed by atoms with Crippen LogP contribution in [-0.2, 0) is 0 Å². The molecule has 0 bridgehead atoms. The SMILES string of the molecule is CC[N+](CC)(CC)CC(=O)c1ccccc1.[Br-]. The summed E-state index contributed by atoms with van der Waals surface area (Å²) in [6.07, 6.45) is 0. The minimum atomic E-state index is 0. The highest BCUT2D eigenvalue weighted by molar-refractivity contribution is 5.96. The number of hydrogen-bond donors (Lipinski definition) is 0. The minimum Gasteiger partial charge on any atom is -1.00 e. The fourth-order valence-electron chi connectivity index (χ4n) is 2.03. The van der Waals surface area contributed by atoms with E-state index in [1.807, 2.05) is 30.3 Å². The summed E-state index contributed by atoms with van der Waals surface area (Å²) in [7, 11) is 0. The summed E-state index contributed by atoms with van der Waals surface area (Å²) < 4.78 is 0.883. The Kier molecular flexibility index (Phi) is 7.32. The molecule has 0 radical (unpaired) electrons. The summed E-state index contributed by atoms with van der Waals surface area (Å²) in [5, 5.41) is 0. The second kappa shape index (κ2) is 7.62. The van der Waals surface area contributed by atoms with Gasteiger partial charge in [0.1, 0.15) is 6.54 Å². The Balaban J connectivity index is 0.00000256. The molecule has 0 aliphatic carbocycles. The third-order valence-corrected chi connectivity index (χ3v) is 3.59. The summed E-state index contributed by atoms with van der Waals surface area (Å²) >= 11 is 0. The van der Waals surface area contributed by atoms with Crippen LogP contribution >= 0.6 is 0 Å². The molecule has 2 nitrogen and oxygen atoms in total. The third-order valence-electron chi connectivity index (χ3n) is 3.59. The molecule has 1 rings (SSSR count). The molecule has 1 aromatic rings. The van der Waals surface area contributed by atoms with E-state index in [0.717, 1.165) is 29.7 Å². The van der Waals surface area contributed by atoms with Crippen LogP contribution in [-0.4, -0.2) is 36.4 Å². The van der Waals surface area contributed by atoms with Crippen molar-refractivity contribution < 1.29 is 26.3 Å². The summed E-state index contributed by atoms with van der Waals surface area (Å²) in [6.45, 7) is 10.2. The normalized spacial score (nSPS) is 10.8. The second-order valence-electron chi connectivity index (χ2n) is 4.24. The van der Waals surface area contributed by atoms with Crippen molar-refractivity contribution in [1.82, 2.24) is 0 Å². The molecule has 0 unspecified atom stereocenters. The summed E-state index contributed by atoms with van der Waals surface area (Å²) in [5.74, 6) is 0.256. The Bertz CT molecular complexity index is 325. The summed E-state index contributed by atoms with van der Waals surface area (Å²) in [4.78, 5) is 12.1. The van der Waals surface area contributed by atoms with Crippen molar-refractivity contribution >= 4 is 5.78 Å². The molecule has 0 amide bonds. The van der Waals surface area contributed by atoms with Crippen molar-refractivity contribution in [1.29, 1.82) is 0 Å². The molecule has 0 saturated heterocycles. The molecule has 0 heterocycles. The largest absolute Gasteiger partial charge is 1.00 e. The summed E-state index contributed by atoms with van der Waals surface area (Å²) in [6, 6.07) is 9.59. The number of nitrogens with zero attached hydrogens (tertiary/aromatic N) is 1. The number of halogens is 1. The molecule has 96 valence electrons. The van der Waals surface area contributed by atoms with E-state index in [1.165, 1.54) is 0 Å². The van der Waals surface area contributed by atoms with Crippen LogP contribution in [0.2, 0.25) is 0 Å². The maximum Gasteiger partial charge on any atom is 0.216 e. The van der Waals surface area contributed by atoms with Crippen LogP contribution in [0.5, 0.6) is 0 Å². The van der Waals surface area contributed by atoms with Crippen molar-refractivity contribution in [2.75, 3.05) is 26.2 Å². The van der Waals surface area contributed by atoms with Crippen molar-refractivity contribution in [3.63, 3.8) is 0 Å². The number of benzene rings is 1. The Labute approximate surface area is 115 Å². The van der Waals surface area contributed by atoms with Gasteiger partial charge in [-0.1, -0.05) is 30.3 Å². The highest BCUT2D eigenvalue weighted by atomic mass is 79.9. The number of Topliss-reactive ketones (excluding diaryl/α,β-unsaturated/α-hetero) is 1. The zero-order valence-corrected chi connectivity index (χ0v) is 12.5. The Morgan fingerprint density at radius 2 is 1.47 bits per heavy atom. The molecular formula is C14H22BrNO. The second-order valence-corrected chi connectivity index (χ2v) is 4.24. The van der Waals surface area contributed by atoms with E-state index in [9.17, 15) is 4.79 Å². The van der Waals surface area contributed by atoms with Crippen LogP contribution < -0.4 is 17.0 Å². The van der Waals surface area contributed by atoms with Crippen molar-refractivity contribution in [3.05, 3.63) is 35.9 Å². The number of carbonyl (C=O) groups is 1. The molecule has 0 aliphatic heterocycles. The fourth-order valence-corrected chi connectivity index (χ4v) is 2.03. The Morgan fingerprint density at radius 3 is 1.88 bits per heavy atom. The number of likely N-dealkylation sites (N-methyl/N-ethyl adjacent to an activating group) is 1. The first kappa shape index (κ1) is 16.3. The maximum absolute atomic E-state index is 12.1. The van der Waals surface area contributed by atoms with Gasteiger partial charge in [-0.05, 0) is 20.8 Å². The topological polar surface area (TPSA) is 17.1 Å². The fraction of sp³-hybridized carbons (Fsp3) is 0.500. The number of hydrogen-bond acceptors (Lipinski definition) is 1. The van der Waals surface area contributed by atoms with Crippen LogP contribution in [0.15, 0.2) is 30.3 Å². The molecule has 0 spiro atoms. The van der Waals surface area contributed by atoms with E-state index < -0.39 is 0 Å². The van der Waals surface area contributed by atoms with Crippen LogP contribution in [0.1, 0.15) is 31.1 Å². The van der Waals surface area contributed by atoms with Gasteiger partial charge in [-0.25, -0.2) is 0 Å². The van der Waals surface area contributed by atoms with Gasteiger partial charge in [0, 0.05) is 5.56 Å². The lowest BCUT2D eigenvalue weighted by molar-refractivity contribution is -0.915. The predicted molar refractivity (Wildman–Crippen MR) is 67.5 cm³/mol. The zero-order valence-electron chi connectivity index (χ0n) is 10.9. The average Bonchev–Trinajstić information content (AvgIpc) is 2.37. The highest BCUT2D eigenvalue weighted by Crippen LogP contribution is 2.09. The van der Waals surface area contributed by atoms with Gasteiger partial charge in [0.25, 0.3) is 0 Å². The van der Waals surface area contributed by atoms with E-state index in [-0.39, 0.29) is 22.8 Å². The van der Waals surface area contributed by atoms with E-state index in [2.05, 4.69) is 20.8 Å². The van der Waals surface area contributed by atoms with Gasteiger partial charge >= 0.3 is 0 Å². The standard InChI is InChI=1S/C14H22NO.BrH/c1-4-15(5-2,6-3)12-14(16)13-10-8-7-9-11-13;/h7-11H,4-6,12H2,1-3H3;1H/q+1;/p-1. The molecule has 0 fully saturated rings. The molecule has 3 heteroatoms. The van der Waals surface area contributed by atoms with Gasteiger partial charge in [-0.2, -0.15) is 0 Å². The first-order valence-electron chi connectivity index (χ1n) is 6.10. The quantitative estimate of drug-likeness (QED) is 0.523. The first-order valence-corrected chi connectivity index (χ1v) is 6.10. The van der Waals surface area contributed by atoms with E-state index in [4.69, 9.17) is 0 Å². The molecule has 0 aliphatic rings.